The Balaban J connectivity index is 1.62. The lowest BCUT2D eigenvalue weighted by Gasteiger charge is -2.07. The van der Waals surface area contributed by atoms with E-state index in [2.05, 4.69) is 41.0 Å². The molecule has 6 heteroatoms. The Morgan fingerprint density at radius 2 is 1.44 bits per heavy atom. The molecule has 0 spiro atoms. The van der Waals surface area contributed by atoms with Gasteiger partial charge in [-0.2, -0.15) is 0 Å². The maximum atomic E-state index is 11.8. The van der Waals surface area contributed by atoms with E-state index in [1.807, 2.05) is 48.5 Å². The third kappa shape index (κ3) is 2.90. The molecule has 0 N–H and O–H groups in total. The summed E-state index contributed by atoms with van der Waals surface area (Å²) in [6.45, 7) is 0. The first-order valence-corrected chi connectivity index (χ1v) is 11.9. The highest BCUT2D eigenvalue weighted by Crippen LogP contribution is 2.44. The van der Waals surface area contributed by atoms with E-state index in [1.54, 1.807) is 6.07 Å². The zero-order chi connectivity index (χ0) is 24.4. The summed E-state index contributed by atoms with van der Waals surface area (Å²) in [5.74, 6) is 0. The Bertz CT molecular complexity index is 1990. The van der Waals surface area contributed by atoms with Crippen molar-refractivity contribution in [1.29, 1.82) is 0 Å². The van der Waals surface area contributed by atoms with Crippen LogP contribution in [0.4, 0.5) is 5.69 Å². The van der Waals surface area contributed by atoms with Crippen molar-refractivity contribution >= 4 is 61.0 Å². The molecule has 5 aromatic carbocycles. The highest BCUT2D eigenvalue weighted by molar-refractivity contribution is 6.31. The SMILES string of the molecule is O=[N+]([O-])c1ccc(Cl)cc1-c1cccc2c1oc1c2ccc2c1c1ccccc1n2-c1ccccc1. The van der Waals surface area contributed by atoms with Crippen LogP contribution in [0.1, 0.15) is 0 Å². The van der Waals surface area contributed by atoms with E-state index < -0.39 is 4.92 Å². The third-order valence-electron chi connectivity index (χ3n) is 6.76. The molecule has 0 radical (unpaired) electrons. The van der Waals surface area contributed by atoms with Crippen molar-refractivity contribution in [3.63, 3.8) is 0 Å². The van der Waals surface area contributed by atoms with Gasteiger partial charge in [-0.05, 0) is 42.5 Å². The molecule has 0 amide bonds. The second-order valence-electron chi connectivity index (χ2n) is 8.73. The minimum atomic E-state index is -0.390. The molecule has 0 unspecified atom stereocenters. The fraction of sp³-hybridized carbons (Fsp3) is 0. The number of fused-ring (bicyclic) bond motifs is 7. The van der Waals surface area contributed by atoms with Crippen LogP contribution in [0.25, 0.3) is 60.6 Å². The monoisotopic (exact) mass is 488 g/mol. The smallest absolute Gasteiger partial charge is 0.277 e. The fourth-order valence-electron chi connectivity index (χ4n) is 5.26. The van der Waals surface area contributed by atoms with Gasteiger partial charge in [-0.3, -0.25) is 10.1 Å². The van der Waals surface area contributed by atoms with Gasteiger partial charge in [0.05, 0.1) is 26.9 Å². The summed E-state index contributed by atoms with van der Waals surface area (Å²) < 4.78 is 8.84. The van der Waals surface area contributed by atoms with Crippen molar-refractivity contribution in [2.45, 2.75) is 0 Å². The van der Waals surface area contributed by atoms with Gasteiger partial charge in [-0.25, -0.2) is 0 Å². The molecule has 0 bridgehead atoms. The maximum Gasteiger partial charge on any atom is 0.277 e. The average molecular weight is 489 g/mol. The van der Waals surface area contributed by atoms with Gasteiger partial charge in [-0.15, -0.1) is 0 Å². The van der Waals surface area contributed by atoms with Crippen LogP contribution < -0.4 is 0 Å². The topological polar surface area (TPSA) is 61.2 Å². The molecule has 7 aromatic rings. The molecule has 0 aliphatic rings. The van der Waals surface area contributed by atoms with E-state index in [1.165, 1.54) is 12.1 Å². The Labute approximate surface area is 209 Å². The summed E-state index contributed by atoms with van der Waals surface area (Å²) >= 11 is 6.25. The van der Waals surface area contributed by atoms with Crippen molar-refractivity contribution < 1.29 is 9.34 Å². The molecular formula is C30H17ClN2O3. The van der Waals surface area contributed by atoms with Gasteiger partial charge in [0.25, 0.3) is 5.69 Å². The summed E-state index contributed by atoms with van der Waals surface area (Å²) in [6, 6.07) is 33.0. The highest BCUT2D eigenvalue weighted by atomic mass is 35.5. The Morgan fingerprint density at radius 3 is 2.28 bits per heavy atom. The number of nitrogens with zero attached hydrogens (tertiary/aromatic N) is 2. The lowest BCUT2D eigenvalue weighted by Crippen LogP contribution is -1.92. The zero-order valence-corrected chi connectivity index (χ0v) is 19.6. The molecule has 5 nitrogen and oxygen atoms in total. The molecule has 0 saturated heterocycles. The molecule has 0 fully saturated rings. The Morgan fingerprint density at radius 1 is 0.694 bits per heavy atom. The molecule has 172 valence electrons. The van der Waals surface area contributed by atoms with Gasteiger partial charge < -0.3 is 8.98 Å². The van der Waals surface area contributed by atoms with Crippen molar-refractivity contribution in [1.82, 2.24) is 4.57 Å². The molecule has 0 aliphatic heterocycles. The highest BCUT2D eigenvalue weighted by Gasteiger charge is 2.23. The van der Waals surface area contributed by atoms with Crippen molar-refractivity contribution in [3.8, 4) is 16.8 Å². The van der Waals surface area contributed by atoms with E-state index in [9.17, 15) is 10.1 Å². The van der Waals surface area contributed by atoms with E-state index in [-0.39, 0.29) is 5.69 Å². The van der Waals surface area contributed by atoms with Gasteiger partial charge in [0.2, 0.25) is 0 Å². The lowest BCUT2D eigenvalue weighted by atomic mass is 10.0. The van der Waals surface area contributed by atoms with E-state index in [0.29, 0.717) is 21.7 Å². The molecule has 2 heterocycles. The van der Waals surface area contributed by atoms with Gasteiger partial charge in [0, 0.05) is 38.5 Å². The minimum Gasteiger partial charge on any atom is -0.455 e. The molecule has 36 heavy (non-hydrogen) atoms. The molecule has 0 aliphatic carbocycles. The summed E-state index contributed by atoms with van der Waals surface area (Å²) in [7, 11) is 0. The Kier molecular flexibility index (Phi) is 4.43. The maximum absolute atomic E-state index is 11.8. The van der Waals surface area contributed by atoms with E-state index in [4.69, 9.17) is 16.0 Å². The number of benzene rings is 5. The van der Waals surface area contributed by atoms with Crippen LogP contribution in [0.15, 0.2) is 108 Å². The molecule has 0 atom stereocenters. The number of halogens is 1. The number of nitro benzene ring substituents is 1. The number of hydrogen-bond donors (Lipinski definition) is 0. The summed E-state index contributed by atoms with van der Waals surface area (Å²) in [6.07, 6.45) is 0. The average Bonchev–Trinajstić information content (AvgIpc) is 3.44. The van der Waals surface area contributed by atoms with Gasteiger partial charge in [0.15, 0.2) is 0 Å². The Hall–Kier alpha value is -4.61. The van der Waals surface area contributed by atoms with Gasteiger partial charge in [-0.1, -0.05) is 66.2 Å². The van der Waals surface area contributed by atoms with Crippen LogP contribution in [0.5, 0.6) is 0 Å². The van der Waals surface area contributed by atoms with Crippen LogP contribution in [-0.4, -0.2) is 9.49 Å². The zero-order valence-electron chi connectivity index (χ0n) is 18.8. The first-order chi connectivity index (χ1) is 17.6. The first-order valence-electron chi connectivity index (χ1n) is 11.5. The number of nitro groups is 1. The lowest BCUT2D eigenvalue weighted by molar-refractivity contribution is -0.384. The number of aromatic nitrogens is 1. The summed E-state index contributed by atoms with van der Waals surface area (Å²) in [4.78, 5) is 11.4. The fourth-order valence-corrected chi connectivity index (χ4v) is 5.43. The molecule has 7 rings (SSSR count). The van der Waals surface area contributed by atoms with Crippen molar-refractivity contribution in [3.05, 3.63) is 118 Å². The number of furan rings is 1. The minimum absolute atomic E-state index is 0.0156. The standard InChI is InChI=1S/C30H17ClN2O3/c31-18-13-15-26(33(34)35)24(17-18)21-11-6-10-20-22-14-16-27-28(30(22)36-29(20)21)23-9-4-5-12-25(23)32(27)19-7-2-1-3-8-19/h1-17H. The largest absolute Gasteiger partial charge is 0.455 e. The van der Waals surface area contributed by atoms with E-state index >= 15 is 0 Å². The predicted molar refractivity (Wildman–Crippen MR) is 145 cm³/mol. The first kappa shape index (κ1) is 20.7. The van der Waals surface area contributed by atoms with Gasteiger partial charge in [0.1, 0.15) is 11.2 Å². The van der Waals surface area contributed by atoms with Crippen LogP contribution in [0.3, 0.4) is 0 Å². The van der Waals surface area contributed by atoms with Crippen molar-refractivity contribution in [2.75, 3.05) is 0 Å². The number of hydrogen-bond acceptors (Lipinski definition) is 3. The van der Waals surface area contributed by atoms with Crippen LogP contribution in [-0.2, 0) is 0 Å². The molecule has 2 aromatic heterocycles. The third-order valence-corrected chi connectivity index (χ3v) is 7.00. The second kappa shape index (κ2) is 7.70. The van der Waals surface area contributed by atoms with Gasteiger partial charge >= 0.3 is 0 Å². The van der Waals surface area contributed by atoms with Crippen LogP contribution in [0, 0.1) is 10.1 Å². The van der Waals surface area contributed by atoms with Crippen LogP contribution in [0.2, 0.25) is 5.02 Å². The normalized spacial score (nSPS) is 11.7. The van der Waals surface area contributed by atoms with Crippen LogP contribution >= 0.6 is 11.6 Å². The summed E-state index contributed by atoms with van der Waals surface area (Å²) in [5, 5.41) is 16.2. The number of para-hydroxylation sites is 3. The predicted octanol–water partition coefficient (Wildman–Crippen LogP) is 8.91. The second-order valence-corrected chi connectivity index (χ2v) is 9.16. The summed E-state index contributed by atoms with van der Waals surface area (Å²) in [5.41, 5.74) is 5.58. The quantitative estimate of drug-likeness (QED) is 0.184. The van der Waals surface area contributed by atoms with E-state index in [0.717, 1.165) is 43.8 Å². The van der Waals surface area contributed by atoms with Crippen molar-refractivity contribution in [2.24, 2.45) is 0 Å². The number of rotatable bonds is 3. The molecular weight excluding hydrogens is 472 g/mol. The molecule has 0 saturated carbocycles.